The van der Waals surface area contributed by atoms with E-state index in [0.29, 0.717) is 21.5 Å². The largest absolute Gasteiger partial charge is 0.439 e. The van der Waals surface area contributed by atoms with Crippen molar-refractivity contribution in [2.45, 2.75) is 90.4 Å². The molecule has 0 spiro atoms. The first-order chi connectivity index (χ1) is 33.8. The number of aliphatic hydroxyl groups excluding tert-OH is 1. The summed E-state index contributed by atoms with van der Waals surface area (Å²) in [4.78, 5) is 54.0. The molecule has 0 fully saturated rings. The first kappa shape index (κ1) is 39.0. The van der Waals surface area contributed by atoms with Gasteiger partial charge in [0, 0.05) is 54.9 Å². The van der Waals surface area contributed by atoms with E-state index in [0.717, 1.165) is 6.08 Å². The number of rotatable bonds is 14. The fourth-order valence-corrected chi connectivity index (χ4v) is 11.8. The van der Waals surface area contributed by atoms with Crippen LogP contribution in [0.25, 0.3) is 0 Å². The molecule has 12 heteroatoms. The molecule has 3 aromatic rings. The number of ether oxygens (including phenoxy) is 3. The van der Waals surface area contributed by atoms with Crippen LogP contribution in [0.2, 0.25) is 0 Å². The van der Waals surface area contributed by atoms with Gasteiger partial charge in [-0.25, -0.2) is 4.79 Å². The minimum absolute atomic E-state index is 0.0857. The Bertz CT molecular complexity index is 2500. The van der Waals surface area contributed by atoms with Crippen LogP contribution in [0.4, 0.5) is 4.79 Å². The summed E-state index contributed by atoms with van der Waals surface area (Å²) >= 11 is 0. The fourth-order valence-electron chi connectivity index (χ4n) is 7.97. The lowest BCUT2D eigenvalue weighted by molar-refractivity contribution is -0.120. The molecule has 5 rings (SSSR count). The predicted octanol–water partition coefficient (Wildman–Crippen LogP) is 6.91. The van der Waals surface area contributed by atoms with Crippen LogP contribution in [0.15, 0.2) is 149 Å². The topological polar surface area (TPSA) is 166 Å². The van der Waals surface area contributed by atoms with Crippen LogP contribution in [-0.4, -0.2) is 80.0 Å². The van der Waals surface area contributed by atoms with Gasteiger partial charge in [-0.15, -0.1) is 0 Å². The van der Waals surface area contributed by atoms with Crippen molar-refractivity contribution in [3.63, 3.8) is 0 Å². The Morgan fingerprint density at radius 3 is 2.00 bits per heavy atom. The highest BCUT2D eigenvalue weighted by atomic mass is 31.2. The summed E-state index contributed by atoms with van der Waals surface area (Å²) in [6.07, 6.45) is -12.2. The van der Waals surface area contributed by atoms with Crippen molar-refractivity contribution in [3.8, 4) is 0 Å². The van der Waals surface area contributed by atoms with Crippen LogP contribution >= 0.6 is 7.26 Å². The number of nitrogens with one attached hydrogen (secondary N) is 2. The van der Waals surface area contributed by atoms with E-state index >= 15 is 0 Å². The van der Waals surface area contributed by atoms with Crippen molar-refractivity contribution in [2.24, 2.45) is 17.6 Å². The Kier molecular flexibility index (Phi) is 14.6. The van der Waals surface area contributed by atoms with Crippen LogP contribution in [0.5, 0.6) is 0 Å². The molecule has 0 unspecified atom stereocenters. The number of hydrogen-bond donors (Lipinski definition) is 4. The summed E-state index contributed by atoms with van der Waals surface area (Å²) in [7, 11) is -0.371. The van der Waals surface area contributed by atoms with E-state index in [1.54, 1.807) is 81.4 Å². The normalized spacial score (nSPS) is 27.7. The van der Waals surface area contributed by atoms with Gasteiger partial charge in [0.2, 0.25) is 11.6 Å². The lowest BCUT2D eigenvalue weighted by Gasteiger charge is -2.30. The summed E-state index contributed by atoms with van der Waals surface area (Å²) in [5.41, 5.74) is 4.95. The molecule has 64 heavy (non-hydrogen) atoms. The third-order valence-electron chi connectivity index (χ3n) is 11.3. The molecule has 0 saturated heterocycles. The second-order valence-electron chi connectivity index (χ2n) is 15.9. The first-order valence-electron chi connectivity index (χ1n) is 25.1. The van der Waals surface area contributed by atoms with Crippen molar-refractivity contribution in [1.29, 1.82) is 0 Å². The Balaban J connectivity index is 1.53. The van der Waals surface area contributed by atoms with Crippen molar-refractivity contribution >= 4 is 46.7 Å². The number of hydrogen-bond acceptors (Lipinski definition) is 9. The minimum atomic E-state index is -3.60. The van der Waals surface area contributed by atoms with E-state index in [1.807, 2.05) is 36.4 Å². The van der Waals surface area contributed by atoms with Crippen molar-refractivity contribution < 1.29 is 49.5 Å². The monoisotopic (exact) mass is 899 g/mol. The molecule has 0 saturated carbocycles. The van der Waals surface area contributed by atoms with Gasteiger partial charge in [-0.2, -0.15) is 0 Å². The van der Waals surface area contributed by atoms with Crippen molar-refractivity contribution in [1.82, 2.24) is 10.6 Å². The zero-order valence-electron chi connectivity index (χ0n) is 45.2. The van der Waals surface area contributed by atoms with E-state index in [-0.39, 0.29) is 24.0 Å². The summed E-state index contributed by atoms with van der Waals surface area (Å²) in [6.45, 7) is 5.47. The van der Waals surface area contributed by atoms with Crippen LogP contribution < -0.4 is 32.3 Å². The lowest BCUT2D eigenvalue weighted by atomic mass is 9.85. The van der Waals surface area contributed by atoms with Gasteiger partial charge in [0.15, 0.2) is 6.10 Å². The number of nitrogens with two attached hydrogens (primary N) is 1. The molecular formula is C52H65N3O8P+. The third kappa shape index (κ3) is 12.6. The molecule has 2 bridgehead atoms. The Labute approximate surface area is 390 Å². The molecule has 2 amide bonds. The third-order valence-corrected chi connectivity index (χ3v) is 15.5. The van der Waals surface area contributed by atoms with E-state index < -0.39 is 117 Å². The lowest BCUT2D eigenvalue weighted by Crippen LogP contribution is -2.38. The van der Waals surface area contributed by atoms with Crippen LogP contribution in [0, 0.1) is 11.8 Å². The van der Waals surface area contributed by atoms with Gasteiger partial charge in [-0.05, 0) is 93.7 Å². The van der Waals surface area contributed by atoms with Gasteiger partial charge in [-0.3, -0.25) is 14.4 Å². The first-order valence-corrected chi connectivity index (χ1v) is 23.1. The Morgan fingerprint density at radius 1 is 0.875 bits per heavy atom. The van der Waals surface area contributed by atoms with E-state index in [1.165, 1.54) is 39.4 Å². The number of ketones is 2. The van der Waals surface area contributed by atoms with Gasteiger partial charge in [0.1, 0.15) is 29.3 Å². The zero-order chi connectivity index (χ0) is 53.4. The van der Waals surface area contributed by atoms with Gasteiger partial charge >= 0.3 is 6.09 Å². The maximum Gasteiger partial charge on any atom is 0.405 e. The SMILES string of the molecule is [2H]C([2H])(CNC1=C2C[C@@H](C)C[C@H](OC)[C@H](O)[C@@H](C)/C=C(\C)[C@H](OC(N)=O)[C@@H](OC)/C=C\C=C(/C)C(=O)NC(=CC1=O)C2=O)C([2H])([2H])C([2H])([2H])C([2H])([2H])C[P+](c1ccccc1)(c1ccccc1)c1ccccc1. The van der Waals surface area contributed by atoms with E-state index in [9.17, 15) is 32.5 Å². The molecule has 1 aliphatic heterocycles. The number of methoxy groups -OCH3 is 2. The van der Waals surface area contributed by atoms with Gasteiger partial charge in [0.25, 0.3) is 5.91 Å². The molecule has 340 valence electrons. The molecule has 1 heterocycles. The number of benzene rings is 3. The smallest absolute Gasteiger partial charge is 0.405 e. The zero-order valence-corrected chi connectivity index (χ0v) is 38.1. The number of carbonyl (C=O) groups is 4. The van der Waals surface area contributed by atoms with Gasteiger partial charge < -0.3 is 35.7 Å². The molecule has 6 atom stereocenters. The molecule has 11 nitrogen and oxygen atoms in total. The quantitative estimate of drug-likeness (QED) is 0.0765. The van der Waals surface area contributed by atoms with Gasteiger partial charge in [0.05, 0.1) is 29.8 Å². The number of primary amides is 1. The highest BCUT2D eigenvalue weighted by Gasteiger charge is 2.44. The molecule has 2 aliphatic rings. The number of Topliss-reactive ketones (excluding diaryl/α,β-unsaturated/α-hetero) is 1. The second-order valence-corrected chi connectivity index (χ2v) is 19.3. The number of amides is 2. The highest BCUT2D eigenvalue weighted by Crippen LogP contribution is 2.56. The maximum atomic E-state index is 14.4. The van der Waals surface area contributed by atoms with Crippen LogP contribution in [0.1, 0.15) is 77.0 Å². The van der Waals surface area contributed by atoms with Crippen LogP contribution in [0.3, 0.4) is 0 Å². The molecule has 1 aliphatic carbocycles. The predicted molar refractivity (Wildman–Crippen MR) is 256 cm³/mol. The average Bonchev–Trinajstić information content (AvgIpc) is 3.34. The number of aliphatic hydroxyl groups is 1. The van der Waals surface area contributed by atoms with Crippen LogP contribution in [-0.2, 0) is 28.6 Å². The summed E-state index contributed by atoms with van der Waals surface area (Å²) in [5, 5.41) is 18.8. The molecule has 3 aromatic carbocycles. The maximum absolute atomic E-state index is 14.4. The Hall–Kier alpha value is -5.45. The Morgan fingerprint density at radius 2 is 1.45 bits per heavy atom. The number of allylic oxidation sites excluding steroid dienone is 4. The van der Waals surface area contributed by atoms with E-state index in [2.05, 4.69) is 10.6 Å². The molecular weight excluding hydrogens is 826 g/mol. The average molecular weight is 899 g/mol. The fraction of sp³-hybridized carbons (Fsp3) is 0.385. The standard InChI is InChI=1S/C52H64N3O8P/c1-35-31-42-47(54-29-18-7-8-19-30-64(39-22-12-9-13-23-39,40-24-14-10-15-25-40)41-26-16-11-17-27-41)44(56)34-43(49(42)58)55-51(59)36(2)21-20-28-45(61-5)50(63-52(53)60)38(4)33-37(3)48(57)46(32-35)62-6/h9-17,20-28,33-35,37,45-46,48,50,57H,7-8,18-19,29-32H2,1-6H3,(H3-,53,54,55,56,58,59,60)/p+1/b28-20-,36-21+,38-33+/t35-,37+,45+,46+,48-,50+/m1/s1/i7D2,8D2,18D2,19D2. The van der Waals surface area contributed by atoms with E-state index in [4.69, 9.17) is 22.7 Å². The number of carbonyl (C=O) groups excluding carboxylic acids is 4. The second kappa shape index (κ2) is 24.0. The number of fused-ring (bicyclic) bond motifs is 2. The molecule has 0 aromatic heterocycles. The minimum Gasteiger partial charge on any atom is -0.439 e. The van der Waals surface area contributed by atoms with Crippen molar-refractivity contribution in [3.05, 3.63) is 149 Å². The summed E-state index contributed by atoms with van der Waals surface area (Å²) in [5.74, 6) is -3.62. The summed E-state index contributed by atoms with van der Waals surface area (Å²) in [6, 6.07) is 27.2. The summed E-state index contributed by atoms with van der Waals surface area (Å²) < 4.78 is 91.0. The van der Waals surface area contributed by atoms with Gasteiger partial charge in [-0.1, -0.05) is 99.1 Å². The van der Waals surface area contributed by atoms with Crippen molar-refractivity contribution in [2.75, 3.05) is 26.9 Å². The molecule has 5 N–H and O–H groups in total. The molecule has 0 radical (unpaired) electrons. The highest BCUT2D eigenvalue weighted by molar-refractivity contribution is 7.95.